The van der Waals surface area contributed by atoms with E-state index in [1.807, 2.05) is 27.1 Å². The first kappa shape index (κ1) is 29.0. The van der Waals surface area contributed by atoms with Crippen LogP contribution in [-0.4, -0.2) is 64.6 Å². The van der Waals surface area contributed by atoms with Crippen molar-refractivity contribution in [2.75, 3.05) is 43.1 Å². The molecule has 3 heterocycles. The van der Waals surface area contributed by atoms with Crippen LogP contribution in [0.4, 0.5) is 31.2 Å². The van der Waals surface area contributed by atoms with Crippen molar-refractivity contribution in [1.82, 2.24) is 19.4 Å². The van der Waals surface area contributed by atoms with E-state index < -0.39 is 11.8 Å². The molecule has 4 aromatic rings. The first-order valence-corrected chi connectivity index (χ1v) is 13.9. The summed E-state index contributed by atoms with van der Waals surface area (Å²) in [7, 11) is 3.99. The third-order valence-corrected chi connectivity index (χ3v) is 7.65. The van der Waals surface area contributed by atoms with E-state index in [1.54, 1.807) is 47.5 Å². The van der Waals surface area contributed by atoms with Crippen molar-refractivity contribution in [3.05, 3.63) is 82.0 Å². The van der Waals surface area contributed by atoms with E-state index in [4.69, 9.17) is 11.6 Å². The Balaban J connectivity index is 1.44. The van der Waals surface area contributed by atoms with Crippen LogP contribution in [0.15, 0.2) is 65.6 Å². The minimum Gasteiger partial charge on any atom is -0.323 e. The maximum atomic E-state index is 14.8. The van der Waals surface area contributed by atoms with Crippen molar-refractivity contribution >= 4 is 51.8 Å². The van der Waals surface area contributed by atoms with Crippen LogP contribution in [0.3, 0.4) is 0 Å². The fraction of sp³-hybridized carbons (Fsp3) is 0.267. The Bertz CT molecular complexity index is 1710. The van der Waals surface area contributed by atoms with Gasteiger partial charge in [0.2, 0.25) is 0 Å². The van der Waals surface area contributed by atoms with Gasteiger partial charge >= 0.3 is 12.1 Å². The monoisotopic (exact) mass is 591 g/mol. The molecule has 1 aliphatic heterocycles. The number of carbonyl (C=O) groups is 2. The number of fused-ring (bicyclic) bond motifs is 1. The Morgan fingerprint density at radius 1 is 1.07 bits per heavy atom. The zero-order chi connectivity index (χ0) is 30.0. The summed E-state index contributed by atoms with van der Waals surface area (Å²) in [5, 5.41) is 8.59. The van der Waals surface area contributed by atoms with E-state index in [0.29, 0.717) is 48.1 Å². The summed E-state index contributed by atoms with van der Waals surface area (Å²) in [5.41, 5.74) is 1.07. The van der Waals surface area contributed by atoms with Crippen LogP contribution < -0.4 is 21.5 Å². The van der Waals surface area contributed by atoms with E-state index in [0.717, 1.165) is 12.5 Å². The summed E-state index contributed by atoms with van der Waals surface area (Å²) in [6.45, 7) is 3.41. The molecule has 0 bridgehead atoms. The summed E-state index contributed by atoms with van der Waals surface area (Å²) in [4.78, 5) is 47.3. The van der Waals surface area contributed by atoms with E-state index >= 15 is 0 Å². The van der Waals surface area contributed by atoms with E-state index in [9.17, 15) is 18.8 Å². The molecule has 218 valence electrons. The molecule has 0 radical (unpaired) electrons. The quantitative estimate of drug-likeness (QED) is 0.267. The Kier molecular flexibility index (Phi) is 8.41. The van der Waals surface area contributed by atoms with Gasteiger partial charge in [-0.2, -0.15) is 0 Å². The smallest absolute Gasteiger partial charge is 0.323 e. The van der Waals surface area contributed by atoms with Gasteiger partial charge in [-0.3, -0.25) is 10.1 Å². The maximum absolute atomic E-state index is 14.8. The largest absolute Gasteiger partial charge is 0.323 e. The maximum Gasteiger partial charge on any atom is 0.323 e. The van der Waals surface area contributed by atoms with Gasteiger partial charge in [0.15, 0.2) is 0 Å². The molecule has 3 N–H and O–H groups in total. The molecule has 0 aliphatic carbocycles. The number of nitrogens with zero attached hydrogens (tertiary/aromatic N) is 4. The summed E-state index contributed by atoms with van der Waals surface area (Å²) in [5.74, 6) is -0.425. The van der Waals surface area contributed by atoms with E-state index in [2.05, 4.69) is 25.8 Å². The van der Waals surface area contributed by atoms with Gasteiger partial charge in [0, 0.05) is 60.1 Å². The second-order valence-corrected chi connectivity index (χ2v) is 10.7. The van der Waals surface area contributed by atoms with Crippen molar-refractivity contribution in [1.29, 1.82) is 0 Å². The van der Waals surface area contributed by atoms with Gasteiger partial charge in [-0.25, -0.2) is 19.0 Å². The van der Waals surface area contributed by atoms with Crippen molar-refractivity contribution in [2.45, 2.75) is 25.9 Å². The number of hydrogen-bond acceptors (Lipinski definition) is 5. The first-order chi connectivity index (χ1) is 20.1. The number of benzene rings is 2. The van der Waals surface area contributed by atoms with Gasteiger partial charge in [-0.15, -0.1) is 0 Å². The molecule has 2 aromatic heterocycles. The molecule has 0 spiro atoms. The standard InChI is InChI=1S/C30H31ClFN7O3/c1-4-39-26-15-27(36-30(42)38-11-10-20(17-38)37(2)3)33-16-18(26)12-22(28(39)40)21-13-25(24(32)14-23(21)31)35-29(41)34-19-8-6-5-7-9-19/h5-9,12-16,20H,4,10-11,17H2,1-3H3,(H,33,36,42)(H2,34,35,41)/t20-/m1/s1. The fourth-order valence-electron chi connectivity index (χ4n) is 5.04. The van der Waals surface area contributed by atoms with Crippen LogP contribution in [0.1, 0.15) is 13.3 Å². The molecule has 0 saturated carbocycles. The topological polar surface area (TPSA) is 112 Å². The number of hydrogen-bond donors (Lipinski definition) is 3. The average molecular weight is 592 g/mol. The predicted molar refractivity (Wildman–Crippen MR) is 164 cm³/mol. The number of anilines is 3. The molecule has 2 aromatic carbocycles. The van der Waals surface area contributed by atoms with Crippen LogP contribution >= 0.6 is 11.6 Å². The summed E-state index contributed by atoms with van der Waals surface area (Å²) >= 11 is 6.41. The Hall–Kier alpha value is -4.48. The number of aryl methyl sites for hydroxylation is 1. The lowest BCUT2D eigenvalue weighted by atomic mass is 10.0. The number of aromatic nitrogens is 2. The van der Waals surface area contributed by atoms with Gasteiger partial charge in [-0.1, -0.05) is 29.8 Å². The summed E-state index contributed by atoms with van der Waals surface area (Å²) < 4.78 is 16.3. The highest BCUT2D eigenvalue weighted by Gasteiger charge is 2.27. The van der Waals surface area contributed by atoms with Gasteiger partial charge < -0.3 is 25.0 Å². The van der Waals surface area contributed by atoms with Crippen molar-refractivity contribution in [3.63, 3.8) is 0 Å². The zero-order valence-electron chi connectivity index (χ0n) is 23.4. The summed E-state index contributed by atoms with van der Waals surface area (Å²) in [6, 6.07) is 13.8. The van der Waals surface area contributed by atoms with Gasteiger partial charge in [0.25, 0.3) is 5.56 Å². The fourth-order valence-corrected chi connectivity index (χ4v) is 5.29. The Labute approximate surface area is 247 Å². The second-order valence-electron chi connectivity index (χ2n) is 10.3. The van der Waals surface area contributed by atoms with Crippen LogP contribution in [-0.2, 0) is 6.54 Å². The molecule has 42 heavy (non-hydrogen) atoms. The molecule has 1 fully saturated rings. The minimum absolute atomic E-state index is 0.0131. The van der Waals surface area contributed by atoms with Gasteiger partial charge in [0.1, 0.15) is 11.6 Å². The lowest BCUT2D eigenvalue weighted by Crippen LogP contribution is -2.37. The normalized spacial score (nSPS) is 14.8. The van der Waals surface area contributed by atoms with Crippen LogP contribution in [0, 0.1) is 5.82 Å². The van der Waals surface area contributed by atoms with Gasteiger partial charge in [-0.05, 0) is 57.8 Å². The third-order valence-electron chi connectivity index (χ3n) is 7.34. The van der Waals surface area contributed by atoms with Crippen LogP contribution in [0.2, 0.25) is 5.02 Å². The zero-order valence-corrected chi connectivity index (χ0v) is 24.2. The number of para-hydroxylation sites is 1. The second kappa shape index (κ2) is 12.2. The minimum atomic E-state index is -0.750. The number of likely N-dealkylation sites (N-methyl/N-ethyl adjacent to an activating group) is 1. The van der Waals surface area contributed by atoms with Crippen LogP contribution in [0.25, 0.3) is 22.0 Å². The number of carbonyl (C=O) groups excluding carboxylic acids is 2. The molecule has 10 nitrogen and oxygen atoms in total. The average Bonchev–Trinajstić information content (AvgIpc) is 3.46. The number of urea groups is 2. The molecule has 4 amide bonds. The van der Waals surface area contributed by atoms with Crippen LogP contribution in [0.5, 0.6) is 0 Å². The molecule has 5 rings (SSSR count). The molecule has 1 aliphatic rings. The number of amides is 4. The first-order valence-electron chi connectivity index (χ1n) is 13.5. The lowest BCUT2D eigenvalue weighted by molar-refractivity contribution is 0.216. The molecule has 1 saturated heterocycles. The van der Waals surface area contributed by atoms with E-state index in [1.165, 1.54) is 10.6 Å². The number of nitrogens with one attached hydrogen (secondary N) is 3. The number of rotatable bonds is 6. The molecule has 12 heteroatoms. The van der Waals surface area contributed by atoms with E-state index in [-0.39, 0.29) is 33.4 Å². The Morgan fingerprint density at radius 3 is 2.52 bits per heavy atom. The lowest BCUT2D eigenvalue weighted by Gasteiger charge is -2.20. The predicted octanol–water partition coefficient (Wildman–Crippen LogP) is 5.69. The third kappa shape index (κ3) is 6.07. The summed E-state index contributed by atoms with van der Waals surface area (Å²) in [6.07, 6.45) is 2.46. The molecular weight excluding hydrogens is 561 g/mol. The highest BCUT2D eigenvalue weighted by atomic mass is 35.5. The Morgan fingerprint density at radius 2 is 1.83 bits per heavy atom. The molecular formula is C30H31ClFN7O3. The van der Waals surface area contributed by atoms with Crippen molar-refractivity contribution in [2.24, 2.45) is 0 Å². The van der Waals surface area contributed by atoms with Crippen molar-refractivity contribution in [3.8, 4) is 11.1 Å². The molecule has 1 atom stereocenters. The number of halogens is 2. The number of likely N-dealkylation sites (tertiary alicyclic amines) is 1. The SMILES string of the molecule is CCn1c(=O)c(-c2cc(NC(=O)Nc3ccccc3)c(F)cc2Cl)cc2cnc(NC(=O)N3CC[C@@H](N(C)C)C3)cc21. The highest BCUT2D eigenvalue weighted by Crippen LogP contribution is 2.33. The molecule has 0 unspecified atom stereocenters. The van der Waals surface area contributed by atoms with Gasteiger partial charge in [0.05, 0.1) is 16.2 Å². The highest BCUT2D eigenvalue weighted by molar-refractivity contribution is 6.33. The van der Waals surface area contributed by atoms with Crippen molar-refractivity contribution < 1.29 is 14.0 Å². The number of pyridine rings is 2.